The SMILES string of the molecule is CNCCN(C)C(=O)C1Cc2ccccc2S1. The number of likely N-dealkylation sites (N-methyl/N-ethyl adjacent to an activating group) is 2. The number of carbonyl (C=O) groups excluding carboxylic acids is 1. The summed E-state index contributed by atoms with van der Waals surface area (Å²) in [5.41, 5.74) is 1.30. The maximum Gasteiger partial charge on any atom is 0.236 e. The third kappa shape index (κ3) is 2.82. The van der Waals surface area contributed by atoms with E-state index in [2.05, 4.69) is 17.4 Å². The largest absolute Gasteiger partial charge is 0.344 e. The summed E-state index contributed by atoms with van der Waals surface area (Å²) < 4.78 is 0. The number of nitrogens with zero attached hydrogens (tertiary/aromatic N) is 1. The normalized spacial score (nSPS) is 17.9. The number of hydrogen-bond acceptors (Lipinski definition) is 3. The smallest absolute Gasteiger partial charge is 0.236 e. The lowest BCUT2D eigenvalue weighted by Crippen LogP contribution is -2.38. The zero-order valence-electron chi connectivity index (χ0n) is 10.3. The van der Waals surface area contributed by atoms with Crippen LogP contribution in [-0.2, 0) is 11.2 Å². The van der Waals surface area contributed by atoms with Crippen molar-refractivity contribution in [3.8, 4) is 0 Å². The van der Waals surface area contributed by atoms with Gasteiger partial charge in [-0.2, -0.15) is 0 Å². The van der Waals surface area contributed by atoms with Gasteiger partial charge in [0.2, 0.25) is 5.91 Å². The molecule has 4 heteroatoms. The maximum absolute atomic E-state index is 12.2. The molecule has 1 unspecified atom stereocenters. The topological polar surface area (TPSA) is 32.3 Å². The number of hydrogen-bond donors (Lipinski definition) is 1. The third-order valence-electron chi connectivity index (χ3n) is 3.00. The first-order chi connectivity index (χ1) is 8.22. The second-order valence-corrected chi connectivity index (χ2v) is 5.53. The molecule has 0 radical (unpaired) electrons. The highest BCUT2D eigenvalue weighted by atomic mass is 32.2. The van der Waals surface area contributed by atoms with Gasteiger partial charge in [0, 0.05) is 25.0 Å². The zero-order valence-corrected chi connectivity index (χ0v) is 11.1. The van der Waals surface area contributed by atoms with E-state index in [1.807, 2.05) is 31.1 Å². The number of amides is 1. The number of thioether (sulfide) groups is 1. The van der Waals surface area contributed by atoms with E-state index in [4.69, 9.17) is 0 Å². The molecule has 0 saturated heterocycles. The van der Waals surface area contributed by atoms with E-state index in [0.29, 0.717) is 0 Å². The molecule has 1 heterocycles. The van der Waals surface area contributed by atoms with Crippen LogP contribution in [0.4, 0.5) is 0 Å². The van der Waals surface area contributed by atoms with Crippen molar-refractivity contribution in [2.24, 2.45) is 0 Å². The zero-order chi connectivity index (χ0) is 12.3. The monoisotopic (exact) mass is 250 g/mol. The fraction of sp³-hybridized carbons (Fsp3) is 0.462. The second kappa shape index (κ2) is 5.56. The molecule has 0 spiro atoms. The number of nitrogens with one attached hydrogen (secondary N) is 1. The van der Waals surface area contributed by atoms with E-state index in [0.717, 1.165) is 19.5 Å². The van der Waals surface area contributed by atoms with Crippen LogP contribution in [0.25, 0.3) is 0 Å². The molecule has 1 aliphatic heterocycles. The molecule has 1 aromatic rings. The first-order valence-corrected chi connectivity index (χ1v) is 6.74. The van der Waals surface area contributed by atoms with E-state index in [1.54, 1.807) is 11.8 Å². The second-order valence-electron chi connectivity index (χ2n) is 4.28. The summed E-state index contributed by atoms with van der Waals surface area (Å²) >= 11 is 1.69. The molecule has 1 atom stereocenters. The molecular weight excluding hydrogens is 232 g/mol. The van der Waals surface area contributed by atoms with Crippen molar-refractivity contribution in [2.75, 3.05) is 27.2 Å². The van der Waals surface area contributed by atoms with Gasteiger partial charge >= 0.3 is 0 Å². The molecule has 1 aromatic carbocycles. The Kier molecular flexibility index (Phi) is 4.07. The molecular formula is C13H18N2OS. The Hall–Kier alpha value is -1.00. The van der Waals surface area contributed by atoms with Crippen LogP contribution >= 0.6 is 11.8 Å². The Morgan fingerprint density at radius 3 is 3.00 bits per heavy atom. The van der Waals surface area contributed by atoms with E-state index in [-0.39, 0.29) is 11.2 Å². The fourth-order valence-corrected chi connectivity index (χ4v) is 3.27. The lowest BCUT2D eigenvalue weighted by molar-refractivity contribution is -0.129. The van der Waals surface area contributed by atoms with Gasteiger partial charge in [0.15, 0.2) is 0 Å². The Bertz CT molecular complexity index is 383. The molecule has 1 aliphatic rings. The van der Waals surface area contributed by atoms with Crippen LogP contribution in [0.5, 0.6) is 0 Å². The molecule has 1 N–H and O–H groups in total. The lowest BCUT2D eigenvalue weighted by atomic mass is 10.1. The van der Waals surface area contributed by atoms with Gasteiger partial charge in [0.25, 0.3) is 0 Å². The Balaban J connectivity index is 1.96. The highest BCUT2D eigenvalue weighted by molar-refractivity contribution is 8.01. The van der Waals surface area contributed by atoms with Crippen LogP contribution in [0.3, 0.4) is 0 Å². The van der Waals surface area contributed by atoms with Crippen molar-refractivity contribution in [1.29, 1.82) is 0 Å². The van der Waals surface area contributed by atoms with Crippen LogP contribution in [0.15, 0.2) is 29.2 Å². The fourth-order valence-electron chi connectivity index (χ4n) is 1.96. The third-order valence-corrected chi connectivity index (χ3v) is 4.30. The van der Waals surface area contributed by atoms with Gasteiger partial charge in [-0.1, -0.05) is 18.2 Å². The standard InChI is InChI=1S/C13H18N2OS/c1-14-7-8-15(2)13(16)12-9-10-5-3-4-6-11(10)17-12/h3-6,12,14H,7-9H2,1-2H3. The predicted octanol–water partition coefficient (Wildman–Crippen LogP) is 1.38. The van der Waals surface area contributed by atoms with Crippen LogP contribution in [0.2, 0.25) is 0 Å². The molecule has 0 aliphatic carbocycles. The van der Waals surface area contributed by atoms with Gasteiger partial charge in [-0.05, 0) is 25.1 Å². The molecule has 17 heavy (non-hydrogen) atoms. The van der Waals surface area contributed by atoms with Crippen molar-refractivity contribution >= 4 is 17.7 Å². The minimum absolute atomic E-state index is 0.0641. The number of rotatable bonds is 4. The van der Waals surface area contributed by atoms with Crippen LogP contribution in [0.1, 0.15) is 5.56 Å². The molecule has 0 fully saturated rings. The summed E-state index contributed by atoms with van der Waals surface area (Å²) in [7, 11) is 3.78. The van der Waals surface area contributed by atoms with Crippen molar-refractivity contribution in [3.63, 3.8) is 0 Å². The highest BCUT2D eigenvalue weighted by Crippen LogP contribution is 2.37. The van der Waals surface area contributed by atoms with E-state index < -0.39 is 0 Å². The summed E-state index contributed by atoms with van der Waals surface area (Å²) in [5.74, 6) is 0.237. The summed E-state index contributed by atoms with van der Waals surface area (Å²) in [6, 6.07) is 8.28. The predicted molar refractivity (Wildman–Crippen MR) is 71.4 cm³/mol. The molecule has 92 valence electrons. The van der Waals surface area contributed by atoms with E-state index in [9.17, 15) is 4.79 Å². The summed E-state index contributed by atoms with van der Waals surface area (Å²) in [6.07, 6.45) is 0.865. The summed E-state index contributed by atoms with van der Waals surface area (Å²) in [5, 5.41) is 3.12. The molecule has 2 rings (SSSR count). The quantitative estimate of drug-likeness (QED) is 0.876. The van der Waals surface area contributed by atoms with Crippen molar-refractivity contribution in [1.82, 2.24) is 10.2 Å². The van der Waals surface area contributed by atoms with Crippen LogP contribution < -0.4 is 5.32 Å². The van der Waals surface area contributed by atoms with Crippen molar-refractivity contribution < 1.29 is 4.79 Å². The van der Waals surface area contributed by atoms with Gasteiger partial charge in [-0.3, -0.25) is 4.79 Å². The Morgan fingerprint density at radius 2 is 2.29 bits per heavy atom. The van der Waals surface area contributed by atoms with Crippen LogP contribution in [0, 0.1) is 0 Å². The summed E-state index contributed by atoms with van der Waals surface area (Å²) in [6.45, 7) is 1.61. The van der Waals surface area contributed by atoms with Crippen LogP contribution in [-0.4, -0.2) is 43.2 Å². The van der Waals surface area contributed by atoms with Gasteiger partial charge in [0.05, 0.1) is 5.25 Å². The van der Waals surface area contributed by atoms with Crippen molar-refractivity contribution in [2.45, 2.75) is 16.6 Å². The first-order valence-electron chi connectivity index (χ1n) is 5.86. The molecule has 0 aromatic heterocycles. The molecule has 0 saturated carbocycles. The van der Waals surface area contributed by atoms with Gasteiger partial charge in [-0.25, -0.2) is 0 Å². The minimum Gasteiger partial charge on any atom is -0.344 e. The molecule has 1 amide bonds. The number of fused-ring (bicyclic) bond motifs is 1. The number of carbonyl (C=O) groups is 1. The Labute approximate surface area is 107 Å². The number of benzene rings is 1. The average molecular weight is 250 g/mol. The minimum atomic E-state index is 0.0641. The first kappa shape index (κ1) is 12.5. The molecule has 0 bridgehead atoms. The highest BCUT2D eigenvalue weighted by Gasteiger charge is 2.29. The van der Waals surface area contributed by atoms with Gasteiger partial charge in [0.1, 0.15) is 0 Å². The average Bonchev–Trinajstić information content (AvgIpc) is 2.78. The Morgan fingerprint density at radius 1 is 1.53 bits per heavy atom. The lowest BCUT2D eigenvalue weighted by Gasteiger charge is -2.20. The van der Waals surface area contributed by atoms with E-state index >= 15 is 0 Å². The summed E-state index contributed by atoms with van der Waals surface area (Å²) in [4.78, 5) is 15.3. The van der Waals surface area contributed by atoms with E-state index in [1.165, 1.54) is 10.5 Å². The maximum atomic E-state index is 12.2. The van der Waals surface area contributed by atoms with Crippen molar-refractivity contribution in [3.05, 3.63) is 29.8 Å². The molecule has 3 nitrogen and oxygen atoms in total. The van der Waals surface area contributed by atoms with Gasteiger partial charge in [-0.15, -0.1) is 11.8 Å². The van der Waals surface area contributed by atoms with Gasteiger partial charge < -0.3 is 10.2 Å².